The van der Waals surface area contributed by atoms with E-state index in [1.54, 1.807) is 0 Å². The molecule has 1 aliphatic heterocycles. The van der Waals surface area contributed by atoms with Crippen molar-refractivity contribution in [1.82, 2.24) is 0 Å². The van der Waals surface area contributed by atoms with Crippen LogP contribution in [0.1, 0.15) is 27.2 Å². The summed E-state index contributed by atoms with van der Waals surface area (Å²) in [7, 11) is 1.39. The maximum Gasteiger partial charge on any atom is 0.338 e. The second-order valence-electron chi connectivity index (χ2n) is 3.51. The highest BCUT2D eigenvalue weighted by molar-refractivity contribution is 5.79. The fourth-order valence-corrected chi connectivity index (χ4v) is 1.39. The quantitative estimate of drug-likeness (QED) is 0.476. The van der Waals surface area contributed by atoms with Crippen LogP contribution in [0.15, 0.2) is 0 Å². The third-order valence-electron chi connectivity index (χ3n) is 2.84. The Labute approximate surface area is 73.0 Å². The van der Waals surface area contributed by atoms with Crippen LogP contribution in [0.3, 0.4) is 0 Å². The van der Waals surface area contributed by atoms with Crippen LogP contribution in [0.25, 0.3) is 0 Å². The van der Waals surface area contributed by atoms with Crippen molar-refractivity contribution in [2.45, 2.75) is 38.9 Å². The third-order valence-corrected chi connectivity index (χ3v) is 2.84. The van der Waals surface area contributed by atoms with Crippen molar-refractivity contribution in [1.29, 1.82) is 0 Å². The molecule has 3 heteroatoms. The number of hydrogen-bond donors (Lipinski definition) is 0. The van der Waals surface area contributed by atoms with Crippen LogP contribution in [0.2, 0.25) is 0 Å². The molecule has 0 aliphatic carbocycles. The second kappa shape index (κ2) is 3.05. The van der Waals surface area contributed by atoms with Gasteiger partial charge in [-0.25, -0.2) is 4.79 Å². The Morgan fingerprint density at radius 2 is 2.33 bits per heavy atom. The van der Waals surface area contributed by atoms with Gasteiger partial charge >= 0.3 is 5.97 Å². The molecular weight excluding hydrogens is 156 g/mol. The van der Waals surface area contributed by atoms with Gasteiger partial charge in [0.05, 0.1) is 7.11 Å². The van der Waals surface area contributed by atoms with E-state index in [-0.39, 0.29) is 17.7 Å². The van der Waals surface area contributed by atoms with Crippen LogP contribution in [0.4, 0.5) is 0 Å². The zero-order valence-electron chi connectivity index (χ0n) is 8.09. The van der Waals surface area contributed by atoms with Crippen LogP contribution >= 0.6 is 0 Å². The molecule has 0 N–H and O–H groups in total. The molecule has 1 aliphatic rings. The van der Waals surface area contributed by atoms with E-state index in [1.165, 1.54) is 7.11 Å². The van der Waals surface area contributed by atoms with Crippen molar-refractivity contribution in [3.63, 3.8) is 0 Å². The smallest absolute Gasteiger partial charge is 0.338 e. The van der Waals surface area contributed by atoms with Crippen LogP contribution < -0.4 is 0 Å². The molecule has 0 amide bonds. The van der Waals surface area contributed by atoms with E-state index in [0.717, 1.165) is 6.42 Å². The van der Waals surface area contributed by atoms with Crippen molar-refractivity contribution >= 4 is 5.97 Å². The number of ether oxygens (including phenoxy) is 2. The summed E-state index contributed by atoms with van der Waals surface area (Å²) in [6.07, 6.45) is 0.682. The van der Waals surface area contributed by atoms with Gasteiger partial charge in [0.2, 0.25) is 0 Å². The molecule has 1 heterocycles. The van der Waals surface area contributed by atoms with Gasteiger partial charge in [-0.05, 0) is 12.8 Å². The van der Waals surface area contributed by atoms with E-state index in [1.807, 2.05) is 6.92 Å². The zero-order chi connectivity index (χ0) is 9.35. The van der Waals surface area contributed by atoms with E-state index in [4.69, 9.17) is 4.74 Å². The van der Waals surface area contributed by atoms with Gasteiger partial charge in [0, 0.05) is 0 Å². The summed E-state index contributed by atoms with van der Waals surface area (Å²) in [6, 6.07) is 0. The first-order chi connectivity index (χ1) is 5.56. The highest BCUT2D eigenvalue weighted by atomic mass is 16.7. The lowest BCUT2D eigenvalue weighted by Crippen LogP contribution is -2.25. The number of methoxy groups -OCH3 is 1. The van der Waals surface area contributed by atoms with E-state index >= 15 is 0 Å². The molecule has 0 aromatic rings. The SMILES string of the molecule is CC[C@@H](C)[C@]1(C)O[C@H]1C(=O)OC. The third kappa shape index (κ3) is 1.33. The van der Waals surface area contributed by atoms with Gasteiger partial charge in [0.1, 0.15) is 5.60 Å². The Morgan fingerprint density at radius 1 is 1.75 bits per heavy atom. The number of carbonyl (C=O) groups is 1. The van der Waals surface area contributed by atoms with Crippen molar-refractivity contribution in [3.05, 3.63) is 0 Å². The number of rotatable bonds is 3. The molecule has 3 nitrogen and oxygen atoms in total. The first-order valence-electron chi connectivity index (χ1n) is 4.32. The van der Waals surface area contributed by atoms with Gasteiger partial charge in [-0.3, -0.25) is 0 Å². The fraction of sp³-hybridized carbons (Fsp3) is 0.889. The molecule has 0 saturated carbocycles. The fourth-order valence-electron chi connectivity index (χ4n) is 1.39. The van der Waals surface area contributed by atoms with E-state index in [2.05, 4.69) is 18.6 Å². The number of hydrogen-bond acceptors (Lipinski definition) is 3. The topological polar surface area (TPSA) is 38.8 Å². The van der Waals surface area contributed by atoms with E-state index < -0.39 is 0 Å². The van der Waals surface area contributed by atoms with Crippen molar-refractivity contribution in [3.8, 4) is 0 Å². The maximum absolute atomic E-state index is 11.1. The van der Waals surface area contributed by atoms with Gasteiger partial charge in [-0.15, -0.1) is 0 Å². The normalized spacial score (nSPS) is 35.8. The molecule has 0 radical (unpaired) electrons. The minimum atomic E-state index is -0.336. The molecule has 0 aromatic heterocycles. The number of epoxide rings is 1. The van der Waals surface area contributed by atoms with Gasteiger partial charge in [-0.2, -0.15) is 0 Å². The summed E-state index contributed by atoms with van der Waals surface area (Å²) in [4.78, 5) is 11.1. The van der Waals surface area contributed by atoms with Gasteiger partial charge in [0.15, 0.2) is 6.10 Å². The summed E-state index contributed by atoms with van der Waals surface area (Å²) in [6.45, 7) is 6.14. The molecule has 0 unspecified atom stereocenters. The molecule has 0 bridgehead atoms. The summed E-state index contributed by atoms with van der Waals surface area (Å²) in [5, 5.41) is 0. The minimum absolute atomic E-state index is 0.252. The lowest BCUT2D eigenvalue weighted by molar-refractivity contribution is -0.142. The van der Waals surface area contributed by atoms with Gasteiger partial charge in [-0.1, -0.05) is 20.3 Å². The zero-order valence-corrected chi connectivity index (χ0v) is 8.09. The molecule has 0 aromatic carbocycles. The lowest BCUT2D eigenvalue weighted by atomic mass is 9.90. The second-order valence-corrected chi connectivity index (χ2v) is 3.51. The Bertz CT molecular complexity index is 190. The Kier molecular flexibility index (Phi) is 2.42. The molecule has 12 heavy (non-hydrogen) atoms. The monoisotopic (exact) mass is 172 g/mol. The number of esters is 1. The Balaban J connectivity index is 2.53. The maximum atomic E-state index is 11.1. The molecule has 3 atom stereocenters. The average Bonchev–Trinajstić information content (AvgIpc) is 2.76. The lowest BCUT2D eigenvalue weighted by Gasteiger charge is -2.12. The molecule has 1 fully saturated rings. The highest BCUT2D eigenvalue weighted by Crippen LogP contribution is 2.44. The van der Waals surface area contributed by atoms with Crippen LogP contribution in [-0.2, 0) is 14.3 Å². The predicted octanol–water partition coefficient (Wildman–Crippen LogP) is 1.36. The molecule has 0 spiro atoms. The van der Waals surface area contributed by atoms with Crippen LogP contribution in [-0.4, -0.2) is 24.8 Å². The van der Waals surface area contributed by atoms with Crippen LogP contribution in [0, 0.1) is 5.92 Å². The summed E-state index contributed by atoms with van der Waals surface area (Å²) < 4.78 is 9.94. The van der Waals surface area contributed by atoms with Gasteiger partial charge in [0.25, 0.3) is 0 Å². The summed E-state index contributed by atoms with van der Waals surface area (Å²) >= 11 is 0. The molecule has 1 rings (SSSR count). The van der Waals surface area contributed by atoms with E-state index in [9.17, 15) is 4.79 Å². The predicted molar refractivity (Wildman–Crippen MR) is 44.7 cm³/mol. The average molecular weight is 172 g/mol. The molecule has 1 saturated heterocycles. The van der Waals surface area contributed by atoms with Gasteiger partial charge < -0.3 is 9.47 Å². The molecular formula is C9H16O3. The van der Waals surface area contributed by atoms with Crippen molar-refractivity contribution in [2.75, 3.05) is 7.11 Å². The Morgan fingerprint density at radius 3 is 2.75 bits per heavy atom. The summed E-state index contributed by atoms with van der Waals surface area (Å²) in [5.74, 6) is 0.152. The first kappa shape index (κ1) is 9.52. The first-order valence-corrected chi connectivity index (χ1v) is 4.32. The van der Waals surface area contributed by atoms with E-state index in [0.29, 0.717) is 5.92 Å². The minimum Gasteiger partial charge on any atom is -0.467 e. The van der Waals surface area contributed by atoms with Crippen molar-refractivity contribution < 1.29 is 14.3 Å². The number of carbonyl (C=O) groups excluding carboxylic acids is 1. The van der Waals surface area contributed by atoms with Crippen LogP contribution in [0.5, 0.6) is 0 Å². The largest absolute Gasteiger partial charge is 0.467 e. The molecule has 70 valence electrons. The Hall–Kier alpha value is -0.570. The summed E-state index contributed by atoms with van der Waals surface area (Å²) in [5.41, 5.74) is -0.276. The standard InChI is InChI=1S/C9H16O3/c1-5-6(2)9(3)7(12-9)8(10)11-4/h6-7H,5H2,1-4H3/t6-,7+,9+/m1/s1. The highest BCUT2D eigenvalue weighted by Gasteiger charge is 2.60. The van der Waals surface area contributed by atoms with Crippen molar-refractivity contribution in [2.24, 2.45) is 5.92 Å².